The molecule has 0 aliphatic carbocycles. The second-order valence-corrected chi connectivity index (χ2v) is 8.16. The minimum atomic E-state index is 0.765. The molecule has 2 N–H and O–H groups in total. The van der Waals surface area contributed by atoms with Gasteiger partial charge in [-0.1, -0.05) is 47.6 Å². The van der Waals surface area contributed by atoms with Gasteiger partial charge in [0.05, 0.1) is 5.69 Å². The summed E-state index contributed by atoms with van der Waals surface area (Å²) in [6.07, 6.45) is 2.96. The summed E-state index contributed by atoms with van der Waals surface area (Å²) < 4.78 is 1.09. The van der Waals surface area contributed by atoms with E-state index in [1.54, 1.807) is 28.5 Å². The Kier molecular flexibility index (Phi) is 8.16. The van der Waals surface area contributed by atoms with Crippen molar-refractivity contribution in [3.8, 4) is 0 Å². The SMILES string of the molecule is CSC(=NCCc1cccc(Cl)c1)SCc1c(C)cccc1N(C)N. The first-order valence-corrected chi connectivity index (χ1v) is 10.6. The van der Waals surface area contributed by atoms with Crippen LogP contribution in [0.3, 0.4) is 0 Å². The number of thioether (sulfide) groups is 2. The van der Waals surface area contributed by atoms with Crippen LogP contribution in [0.1, 0.15) is 16.7 Å². The van der Waals surface area contributed by atoms with E-state index in [0.717, 1.165) is 33.8 Å². The van der Waals surface area contributed by atoms with E-state index in [2.05, 4.69) is 31.4 Å². The van der Waals surface area contributed by atoms with E-state index in [1.165, 1.54) is 16.7 Å². The van der Waals surface area contributed by atoms with Crippen LogP contribution in [0, 0.1) is 6.92 Å². The van der Waals surface area contributed by atoms with Gasteiger partial charge in [0.15, 0.2) is 0 Å². The summed E-state index contributed by atoms with van der Waals surface area (Å²) in [4.78, 5) is 4.74. The molecule has 2 aromatic rings. The largest absolute Gasteiger partial charge is 0.314 e. The van der Waals surface area contributed by atoms with Crippen LogP contribution in [0.4, 0.5) is 5.69 Å². The van der Waals surface area contributed by atoms with E-state index in [4.69, 9.17) is 22.4 Å². The number of hydrogen-bond acceptors (Lipinski definition) is 5. The van der Waals surface area contributed by atoms with Gasteiger partial charge in [-0.3, -0.25) is 4.99 Å². The van der Waals surface area contributed by atoms with Gasteiger partial charge in [0.2, 0.25) is 0 Å². The molecule has 0 atom stereocenters. The van der Waals surface area contributed by atoms with Crippen LogP contribution >= 0.6 is 35.1 Å². The van der Waals surface area contributed by atoms with Gasteiger partial charge in [0.1, 0.15) is 4.38 Å². The Bertz CT molecular complexity index is 732. The van der Waals surface area contributed by atoms with Crippen molar-refractivity contribution < 1.29 is 0 Å². The first kappa shape index (κ1) is 20.2. The lowest BCUT2D eigenvalue weighted by Gasteiger charge is -2.18. The number of aryl methyl sites for hydroxylation is 1. The number of nitrogens with zero attached hydrogens (tertiary/aromatic N) is 2. The Labute approximate surface area is 164 Å². The molecule has 0 heterocycles. The number of nitrogens with two attached hydrogens (primary N) is 1. The highest BCUT2D eigenvalue weighted by atomic mass is 35.5. The molecule has 0 spiro atoms. The van der Waals surface area contributed by atoms with Crippen LogP contribution in [0.15, 0.2) is 47.5 Å². The molecule has 0 aromatic heterocycles. The van der Waals surface area contributed by atoms with Crippen LogP contribution < -0.4 is 10.9 Å². The number of hydrazine groups is 1. The second kappa shape index (κ2) is 10.1. The van der Waals surface area contributed by atoms with Crippen molar-refractivity contribution in [3.63, 3.8) is 0 Å². The minimum absolute atomic E-state index is 0.765. The normalized spacial score (nSPS) is 11.6. The summed E-state index contributed by atoms with van der Waals surface area (Å²) in [5, 5.41) is 2.46. The lowest BCUT2D eigenvalue weighted by atomic mass is 10.1. The summed E-state index contributed by atoms with van der Waals surface area (Å²) in [5.41, 5.74) is 4.79. The molecule has 3 nitrogen and oxygen atoms in total. The van der Waals surface area contributed by atoms with Gasteiger partial charge in [-0.2, -0.15) is 0 Å². The van der Waals surface area contributed by atoms with Crippen LogP contribution in [0.2, 0.25) is 5.02 Å². The molecule has 0 saturated heterocycles. The van der Waals surface area contributed by atoms with Crippen molar-refractivity contribution in [2.24, 2.45) is 10.8 Å². The maximum absolute atomic E-state index is 6.03. The molecular formula is C19H24ClN3S2. The summed E-state index contributed by atoms with van der Waals surface area (Å²) in [7, 11) is 1.87. The molecular weight excluding hydrogens is 370 g/mol. The zero-order chi connectivity index (χ0) is 18.2. The standard InChI is InChI=1S/C19H24ClN3S2/c1-14-6-4-9-18(23(2)21)17(14)13-25-19(24-3)22-11-10-15-7-5-8-16(20)12-15/h4-9,12H,10-11,13,21H2,1-3H3. The maximum atomic E-state index is 6.03. The van der Waals surface area contributed by atoms with Crippen molar-refractivity contribution in [2.45, 2.75) is 19.1 Å². The molecule has 0 bridgehead atoms. The number of anilines is 1. The summed E-state index contributed by atoms with van der Waals surface area (Å²) in [5.74, 6) is 6.82. The number of hydrogen-bond donors (Lipinski definition) is 1. The molecule has 0 fully saturated rings. The first-order chi connectivity index (χ1) is 12.0. The van der Waals surface area contributed by atoms with E-state index in [1.807, 2.05) is 31.3 Å². The second-order valence-electron chi connectivity index (χ2n) is 5.70. The monoisotopic (exact) mass is 393 g/mol. The van der Waals surface area contributed by atoms with Crippen molar-refractivity contribution in [2.75, 3.05) is 24.9 Å². The van der Waals surface area contributed by atoms with Gasteiger partial charge in [0.25, 0.3) is 0 Å². The van der Waals surface area contributed by atoms with Crippen LogP contribution in [-0.4, -0.2) is 24.2 Å². The molecule has 6 heteroatoms. The third-order valence-electron chi connectivity index (χ3n) is 3.81. The Hall–Kier alpha value is -1.14. The average Bonchev–Trinajstić information content (AvgIpc) is 2.58. The van der Waals surface area contributed by atoms with E-state index in [-0.39, 0.29) is 0 Å². The van der Waals surface area contributed by atoms with Gasteiger partial charge >= 0.3 is 0 Å². The average molecular weight is 394 g/mol. The quantitative estimate of drug-likeness (QED) is 0.319. The minimum Gasteiger partial charge on any atom is -0.314 e. The van der Waals surface area contributed by atoms with Crippen LogP contribution in [-0.2, 0) is 12.2 Å². The van der Waals surface area contributed by atoms with Crippen LogP contribution in [0.25, 0.3) is 0 Å². The van der Waals surface area contributed by atoms with Crippen molar-refractivity contribution >= 4 is 45.2 Å². The highest BCUT2D eigenvalue weighted by Gasteiger charge is 2.09. The van der Waals surface area contributed by atoms with Crippen molar-refractivity contribution in [3.05, 3.63) is 64.2 Å². The Morgan fingerprint density at radius 3 is 2.68 bits per heavy atom. The highest BCUT2D eigenvalue weighted by Crippen LogP contribution is 2.28. The van der Waals surface area contributed by atoms with E-state index < -0.39 is 0 Å². The fourth-order valence-corrected chi connectivity index (χ4v) is 4.38. The number of aliphatic imine (C=N–C) groups is 1. The topological polar surface area (TPSA) is 41.6 Å². The van der Waals surface area contributed by atoms with E-state index >= 15 is 0 Å². The fourth-order valence-electron chi connectivity index (χ4n) is 2.48. The van der Waals surface area contributed by atoms with Crippen molar-refractivity contribution in [1.29, 1.82) is 0 Å². The Morgan fingerprint density at radius 1 is 1.24 bits per heavy atom. The summed E-state index contributed by atoms with van der Waals surface area (Å²) in [6.45, 7) is 2.89. The molecule has 25 heavy (non-hydrogen) atoms. The highest BCUT2D eigenvalue weighted by molar-refractivity contribution is 8.38. The van der Waals surface area contributed by atoms with Gasteiger partial charge in [-0.05, 0) is 54.5 Å². The van der Waals surface area contributed by atoms with Gasteiger partial charge < -0.3 is 5.01 Å². The molecule has 0 radical (unpaired) electrons. The molecule has 0 unspecified atom stereocenters. The Balaban J connectivity index is 1.98. The van der Waals surface area contributed by atoms with Gasteiger partial charge in [-0.15, -0.1) is 11.8 Å². The molecule has 2 aromatic carbocycles. The molecule has 0 aliphatic heterocycles. The number of halogens is 1. The van der Waals surface area contributed by atoms with Crippen molar-refractivity contribution in [1.82, 2.24) is 0 Å². The number of benzene rings is 2. The summed E-state index contributed by atoms with van der Waals surface area (Å²) in [6, 6.07) is 14.2. The molecule has 134 valence electrons. The fraction of sp³-hybridized carbons (Fsp3) is 0.316. The predicted molar refractivity (Wildman–Crippen MR) is 116 cm³/mol. The molecule has 0 saturated carbocycles. The molecule has 0 amide bonds. The summed E-state index contributed by atoms with van der Waals surface area (Å²) >= 11 is 9.48. The lowest BCUT2D eigenvalue weighted by Crippen LogP contribution is -2.26. The van der Waals surface area contributed by atoms with E-state index in [9.17, 15) is 0 Å². The van der Waals surface area contributed by atoms with Crippen LogP contribution in [0.5, 0.6) is 0 Å². The zero-order valence-corrected chi connectivity index (χ0v) is 17.2. The lowest BCUT2D eigenvalue weighted by molar-refractivity contribution is 0.975. The Morgan fingerprint density at radius 2 is 2.00 bits per heavy atom. The van der Waals surface area contributed by atoms with E-state index in [0.29, 0.717) is 0 Å². The zero-order valence-electron chi connectivity index (χ0n) is 14.8. The van der Waals surface area contributed by atoms with Gasteiger partial charge in [0, 0.05) is 24.4 Å². The third-order valence-corrected chi connectivity index (χ3v) is 6.19. The van der Waals surface area contributed by atoms with Gasteiger partial charge in [-0.25, -0.2) is 5.84 Å². The molecule has 0 aliphatic rings. The smallest absolute Gasteiger partial charge is 0.124 e. The number of rotatable bonds is 6. The third kappa shape index (κ3) is 6.26. The first-order valence-electron chi connectivity index (χ1n) is 8.04. The predicted octanol–water partition coefficient (Wildman–Crippen LogP) is 5.15. The maximum Gasteiger partial charge on any atom is 0.124 e. The molecule has 2 rings (SSSR count).